The van der Waals surface area contributed by atoms with Gasteiger partial charge in [0.2, 0.25) is 11.0 Å². The lowest BCUT2D eigenvalue weighted by atomic mass is 10.2. The molecule has 1 atom stereocenters. The fraction of sp³-hybridized carbons (Fsp3) is 0.375. The monoisotopic (exact) mass is 397 g/mol. The number of hydrogen-bond acceptors (Lipinski definition) is 8. The summed E-state index contributed by atoms with van der Waals surface area (Å²) in [6.07, 6.45) is 0. The van der Waals surface area contributed by atoms with Crippen LogP contribution in [0.15, 0.2) is 34.7 Å². The van der Waals surface area contributed by atoms with Gasteiger partial charge in [-0.05, 0) is 19.4 Å². The summed E-state index contributed by atoms with van der Waals surface area (Å²) in [4.78, 5) is 23.6. The Kier molecular flexibility index (Phi) is 8.23. The number of thioether (sulfide) groups is 2. The average molecular weight is 398 g/mol. The first-order valence-electron chi connectivity index (χ1n) is 7.66. The van der Waals surface area contributed by atoms with Gasteiger partial charge in [0.1, 0.15) is 5.25 Å². The number of nitrogens with zero attached hydrogens (tertiary/aromatic N) is 2. The van der Waals surface area contributed by atoms with Crippen LogP contribution >= 0.6 is 34.9 Å². The second kappa shape index (κ2) is 10.4. The molecule has 2 aromatic rings. The third kappa shape index (κ3) is 7.05. The molecule has 0 spiro atoms. The zero-order valence-electron chi connectivity index (χ0n) is 13.9. The molecule has 0 saturated heterocycles. The highest BCUT2D eigenvalue weighted by molar-refractivity contribution is 8.02. The molecule has 134 valence electrons. The highest BCUT2D eigenvalue weighted by Gasteiger charge is 2.18. The number of ether oxygens (including phenoxy) is 1. The molecule has 1 unspecified atom stereocenters. The Hall–Kier alpha value is -1.58. The van der Waals surface area contributed by atoms with E-state index in [2.05, 4.69) is 15.5 Å². The Bertz CT molecular complexity index is 694. The Morgan fingerprint density at radius 3 is 2.76 bits per heavy atom. The largest absolute Gasteiger partial charge is 0.465 e. The summed E-state index contributed by atoms with van der Waals surface area (Å²) in [6.45, 7) is 3.87. The van der Waals surface area contributed by atoms with Gasteiger partial charge in [-0.2, -0.15) is 0 Å². The normalized spacial score (nSPS) is 11.8. The molecule has 0 aliphatic heterocycles. The minimum absolute atomic E-state index is 0.118. The standard InChI is InChI=1S/C16H19N3O3S3/c1-3-22-14(21)11(2)24-16-19-18-15(25-16)17-13(20)10-23-9-12-7-5-4-6-8-12/h4-8,11H,3,9-10H2,1-2H3,(H,17,18,20). The minimum Gasteiger partial charge on any atom is -0.465 e. The second-order valence-electron chi connectivity index (χ2n) is 4.91. The third-order valence-electron chi connectivity index (χ3n) is 2.89. The van der Waals surface area contributed by atoms with Gasteiger partial charge in [0, 0.05) is 5.75 Å². The van der Waals surface area contributed by atoms with E-state index in [1.807, 2.05) is 30.3 Å². The predicted molar refractivity (Wildman–Crippen MR) is 103 cm³/mol. The van der Waals surface area contributed by atoms with E-state index in [-0.39, 0.29) is 17.1 Å². The van der Waals surface area contributed by atoms with E-state index in [4.69, 9.17) is 4.74 Å². The van der Waals surface area contributed by atoms with Crippen LogP contribution in [-0.2, 0) is 20.1 Å². The van der Waals surface area contributed by atoms with Crippen LogP contribution < -0.4 is 5.32 Å². The fourth-order valence-electron chi connectivity index (χ4n) is 1.76. The number of amides is 1. The zero-order chi connectivity index (χ0) is 18.1. The van der Waals surface area contributed by atoms with E-state index < -0.39 is 0 Å². The van der Waals surface area contributed by atoms with Gasteiger partial charge >= 0.3 is 5.97 Å². The van der Waals surface area contributed by atoms with Gasteiger partial charge in [-0.25, -0.2) is 0 Å². The van der Waals surface area contributed by atoms with Gasteiger partial charge in [0.05, 0.1) is 12.4 Å². The van der Waals surface area contributed by atoms with E-state index in [9.17, 15) is 9.59 Å². The summed E-state index contributed by atoms with van der Waals surface area (Å²) in [5.41, 5.74) is 1.18. The molecule has 6 nitrogen and oxygen atoms in total. The van der Waals surface area contributed by atoms with Gasteiger partial charge in [-0.1, -0.05) is 53.4 Å². The maximum atomic E-state index is 12.0. The van der Waals surface area contributed by atoms with Crippen molar-refractivity contribution in [3.8, 4) is 0 Å². The molecule has 1 amide bonds. The molecule has 1 aromatic heterocycles. The molecule has 0 saturated carbocycles. The van der Waals surface area contributed by atoms with Crippen LogP contribution in [0.5, 0.6) is 0 Å². The third-order valence-corrected chi connectivity index (χ3v) is 5.90. The molecule has 0 aliphatic rings. The Labute approximate surface area is 159 Å². The van der Waals surface area contributed by atoms with Crippen molar-refractivity contribution in [1.82, 2.24) is 10.2 Å². The maximum Gasteiger partial charge on any atom is 0.319 e. The molecule has 0 bridgehead atoms. The number of benzene rings is 1. The summed E-state index contributed by atoms with van der Waals surface area (Å²) in [5.74, 6) is 0.719. The molecule has 2 rings (SSSR count). The lowest BCUT2D eigenvalue weighted by Gasteiger charge is -2.06. The van der Waals surface area contributed by atoms with Crippen LogP contribution in [0.2, 0.25) is 0 Å². The summed E-state index contributed by atoms with van der Waals surface area (Å²) in [5, 5.41) is 10.7. The molecule has 1 heterocycles. The van der Waals surface area contributed by atoms with Crippen molar-refractivity contribution >= 4 is 51.9 Å². The van der Waals surface area contributed by atoms with Crippen molar-refractivity contribution < 1.29 is 14.3 Å². The summed E-state index contributed by atoms with van der Waals surface area (Å²) >= 11 is 4.05. The molecular formula is C16H19N3O3S3. The van der Waals surface area contributed by atoms with Crippen LogP contribution in [0.3, 0.4) is 0 Å². The topological polar surface area (TPSA) is 81.2 Å². The minimum atomic E-state index is -0.363. The Morgan fingerprint density at radius 1 is 1.28 bits per heavy atom. The fourth-order valence-corrected chi connectivity index (χ4v) is 4.46. The van der Waals surface area contributed by atoms with Crippen LogP contribution in [0.1, 0.15) is 19.4 Å². The molecule has 0 fully saturated rings. The predicted octanol–water partition coefficient (Wildman–Crippen LogP) is 3.45. The van der Waals surface area contributed by atoms with Crippen molar-refractivity contribution in [2.45, 2.75) is 29.2 Å². The number of nitrogens with one attached hydrogen (secondary N) is 1. The van der Waals surface area contributed by atoms with Crippen LogP contribution in [0.25, 0.3) is 0 Å². The van der Waals surface area contributed by atoms with Gasteiger partial charge in [-0.15, -0.1) is 22.0 Å². The second-order valence-corrected chi connectivity index (χ2v) is 8.46. The average Bonchev–Trinajstić information content (AvgIpc) is 3.02. The van der Waals surface area contributed by atoms with Gasteiger partial charge in [0.15, 0.2) is 4.34 Å². The van der Waals surface area contributed by atoms with Crippen molar-refractivity contribution in [1.29, 1.82) is 0 Å². The summed E-state index contributed by atoms with van der Waals surface area (Å²) in [7, 11) is 0. The SMILES string of the molecule is CCOC(=O)C(C)Sc1nnc(NC(=O)CSCc2ccccc2)s1. The first-order chi connectivity index (χ1) is 12.1. The molecule has 0 radical (unpaired) electrons. The Balaban J connectivity index is 1.74. The number of rotatable bonds is 9. The highest BCUT2D eigenvalue weighted by Crippen LogP contribution is 2.29. The molecule has 1 N–H and O–H groups in total. The van der Waals surface area contributed by atoms with Crippen molar-refractivity contribution in [3.63, 3.8) is 0 Å². The van der Waals surface area contributed by atoms with Crippen LogP contribution in [0.4, 0.5) is 5.13 Å². The number of anilines is 1. The number of hydrogen-bond donors (Lipinski definition) is 1. The smallest absolute Gasteiger partial charge is 0.319 e. The lowest BCUT2D eigenvalue weighted by Crippen LogP contribution is -2.16. The van der Waals surface area contributed by atoms with Crippen LogP contribution in [-0.4, -0.2) is 39.7 Å². The van der Waals surface area contributed by atoms with E-state index in [1.165, 1.54) is 40.4 Å². The maximum absolute atomic E-state index is 12.0. The molecule has 9 heteroatoms. The molecule has 25 heavy (non-hydrogen) atoms. The molecule has 1 aromatic carbocycles. The Morgan fingerprint density at radius 2 is 2.04 bits per heavy atom. The van der Waals surface area contributed by atoms with Gasteiger partial charge in [-0.3, -0.25) is 14.9 Å². The van der Waals surface area contributed by atoms with Crippen molar-refractivity contribution in [3.05, 3.63) is 35.9 Å². The number of esters is 1. The first-order valence-corrected chi connectivity index (χ1v) is 10.5. The first kappa shape index (κ1) is 19.7. The molecule has 0 aliphatic carbocycles. The van der Waals surface area contributed by atoms with E-state index in [0.29, 0.717) is 21.8 Å². The molecular weight excluding hydrogens is 378 g/mol. The number of aromatic nitrogens is 2. The zero-order valence-corrected chi connectivity index (χ0v) is 16.4. The summed E-state index contributed by atoms with van der Waals surface area (Å²) < 4.78 is 5.57. The van der Waals surface area contributed by atoms with E-state index in [1.54, 1.807) is 13.8 Å². The summed E-state index contributed by atoms with van der Waals surface area (Å²) in [6, 6.07) is 9.99. The van der Waals surface area contributed by atoms with Gasteiger partial charge < -0.3 is 4.74 Å². The van der Waals surface area contributed by atoms with Crippen molar-refractivity contribution in [2.24, 2.45) is 0 Å². The van der Waals surface area contributed by atoms with Gasteiger partial charge in [0.25, 0.3) is 0 Å². The highest BCUT2D eigenvalue weighted by atomic mass is 32.2. The van der Waals surface area contributed by atoms with E-state index >= 15 is 0 Å². The number of carbonyl (C=O) groups is 2. The van der Waals surface area contributed by atoms with Crippen LogP contribution in [0, 0.1) is 0 Å². The van der Waals surface area contributed by atoms with Crippen molar-refractivity contribution in [2.75, 3.05) is 17.7 Å². The van der Waals surface area contributed by atoms with E-state index in [0.717, 1.165) is 5.75 Å². The lowest BCUT2D eigenvalue weighted by molar-refractivity contribution is -0.142. The quantitative estimate of drug-likeness (QED) is 0.394. The number of carbonyl (C=O) groups excluding carboxylic acids is 2.